The van der Waals surface area contributed by atoms with E-state index in [0.29, 0.717) is 30.3 Å². The minimum Gasteiger partial charge on any atom is -0.481 e. The monoisotopic (exact) mass is 874 g/mol. The quantitative estimate of drug-likeness (QED) is 0.0696. The molecule has 0 radical (unpaired) electrons. The van der Waals surface area contributed by atoms with Crippen molar-refractivity contribution in [1.82, 2.24) is 4.90 Å². The molecule has 2 aromatic rings. The van der Waals surface area contributed by atoms with Gasteiger partial charge in [0, 0.05) is 70.2 Å². The molecule has 0 aromatic heterocycles. The van der Waals surface area contributed by atoms with Crippen molar-refractivity contribution in [3.8, 4) is 0 Å². The molecule has 2 atom stereocenters. The maximum atomic E-state index is 12.2. The number of thiol groups is 2. The predicted molar refractivity (Wildman–Crippen MR) is 234 cm³/mol. The Morgan fingerprint density at radius 2 is 1.53 bits per heavy atom. The summed E-state index contributed by atoms with van der Waals surface area (Å²) in [5.41, 5.74) is 6.21. The molecular formula is C41H52N3O8S5+. The number of nitrogens with zero attached hydrogens (tertiary/aromatic N) is 3. The number of rotatable bonds is 15. The maximum Gasteiger partial charge on any atom is 0.304 e. The fourth-order valence-electron chi connectivity index (χ4n) is 8.85. The molecule has 2 aromatic carbocycles. The van der Waals surface area contributed by atoms with Gasteiger partial charge in [-0.2, -0.15) is 46.7 Å². The number of hydrogen-bond donors (Lipinski definition) is 5. The number of allylic oxidation sites excluding steroid dienone is 4. The Balaban J connectivity index is 1.50. The van der Waals surface area contributed by atoms with Gasteiger partial charge in [0.15, 0.2) is 5.71 Å². The second-order valence-electron chi connectivity index (χ2n) is 16.0. The van der Waals surface area contributed by atoms with Gasteiger partial charge in [-0.3, -0.25) is 18.8 Å². The zero-order valence-electron chi connectivity index (χ0n) is 32.8. The zero-order chi connectivity index (χ0) is 41.7. The lowest BCUT2D eigenvalue weighted by Gasteiger charge is -2.36. The summed E-state index contributed by atoms with van der Waals surface area (Å²) in [6.45, 7) is 9.50. The van der Waals surface area contributed by atoms with Crippen molar-refractivity contribution in [3.63, 3.8) is 0 Å². The Hall–Kier alpha value is -2.83. The third kappa shape index (κ3) is 8.47. The largest absolute Gasteiger partial charge is 0.481 e. The van der Waals surface area contributed by atoms with Crippen LogP contribution in [0.5, 0.6) is 0 Å². The lowest BCUT2D eigenvalue weighted by Crippen LogP contribution is -2.39. The molecule has 3 N–H and O–H groups in total. The number of benzene rings is 2. The number of hydrogen-bond acceptors (Lipinski definition) is 10. The highest BCUT2D eigenvalue weighted by Crippen LogP contribution is 2.50. The van der Waals surface area contributed by atoms with E-state index >= 15 is 0 Å². The molecule has 0 aliphatic carbocycles. The molecule has 308 valence electrons. The van der Waals surface area contributed by atoms with Gasteiger partial charge in [0.05, 0.1) is 21.6 Å². The number of fused-ring (bicyclic) bond motifs is 4. The molecule has 4 aliphatic rings. The van der Waals surface area contributed by atoms with Gasteiger partial charge in [0.1, 0.15) is 6.54 Å². The number of anilines is 1. The maximum absolute atomic E-state index is 12.2. The van der Waals surface area contributed by atoms with Crippen molar-refractivity contribution in [2.24, 2.45) is 0 Å². The van der Waals surface area contributed by atoms with Crippen LogP contribution < -0.4 is 4.90 Å². The van der Waals surface area contributed by atoms with Crippen LogP contribution in [0.1, 0.15) is 70.9 Å². The molecule has 1 saturated heterocycles. The Morgan fingerprint density at radius 3 is 2.16 bits per heavy atom. The molecule has 11 nitrogen and oxygen atoms in total. The topological polar surface area (TPSA) is 156 Å². The lowest BCUT2D eigenvalue weighted by molar-refractivity contribution is -0.437. The van der Waals surface area contributed by atoms with Crippen molar-refractivity contribution < 1.29 is 40.4 Å². The second kappa shape index (κ2) is 16.7. The van der Waals surface area contributed by atoms with E-state index in [4.69, 9.17) is 0 Å². The highest BCUT2D eigenvalue weighted by molar-refractivity contribution is 8.03. The van der Waals surface area contributed by atoms with Crippen LogP contribution in [0.15, 0.2) is 92.2 Å². The number of carboxylic acids is 1. The van der Waals surface area contributed by atoms with E-state index in [9.17, 15) is 35.8 Å². The van der Waals surface area contributed by atoms with Crippen LogP contribution in [0.25, 0.3) is 0 Å². The Kier molecular flexibility index (Phi) is 12.8. The normalized spacial score (nSPS) is 23.1. The molecule has 4 aliphatic heterocycles. The minimum atomic E-state index is -4.41. The average Bonchev–Trinajstić information content (AvgIpc) is 3.63. The van der Waals surface area contributed by atoms with E-state index in [-0.39, 0.29) is 28.3 Å². The van der Waals surface area contributed by atoms with Gasteiger partial charge in [-0.15, -0.1) is 11.8 Å². The summed E-state index contributed by atoms with van der Waals surface area (Å²) >= 11 is 10.5. The summed E-state index contributed by atoms with van der Waals surface area (Å²) in [6.07, 6.45) is 11.9. The smallest absolute Gasteiger partial charge is 0.304 e. The average molecular weight is 875 g/mol. The highest BCUT2D eigenvalue weighted by Gasteiger charge is 2.46. The molecule has 0 saturated carbocycles. The molecule has 57 heavy (non-hydrogen) atoms. The number of thioether (sulfide) groups is 1. The van der Waals surface area contributed by atoms with Crippen LogP contribution in [-0.2, 0) is 35.9 Å². The summed E-state index contributed by atoms with van der Waals surface area (Å²) in [5, 5.41) is 9.65. The summed E-state index contributed by atoms with van der Waals surface area (Å²) in [4.78, 5) is 17.1. The number of likely N-dealkylation sites (N-methyl/N-ethyl adjacent to an activating group) is 1. The standard InChI is InChI=1S/C41H51N3O8S5/c1-40(2)30-24-26(56(47,48)49)8-12-34(30)43(19-6-21-53)36(40)16-10-28-32-14-15-33(42(32)5)29(39(28)55-23-18-38(45)46)11-17-37-41(3,4)31-25-27(57(50,51)52)9-13-35(31)44(37)20-7-22-54/h8-13,16-17,24-25,32-33H,6-7,14-15,18-23H2,1-5H3,(H4-,45,46,47,48,49,50,51,52,53,54)/p+1. The summed E-state index contributed by atoms with van der Waals surface area (Å²) in [5.74, 6) is 0.830. The fraction of sp³-hybridized carbons (Fsp3) is 0.463. The van der Waals surface area contributed by atoms with Crippen molar-refractivity contribution in [2.45, 2.75) is 92.5 Å². The molecule has 16 heteroatoms. The number of carboxylic acid groups (broad SMARTS) is 1. The first-order chi connectivity index (χ1) is 26.7. The van der Waals surface area contributed by atoms with Crippen molar-refractivity contribution in [3.05, 3.63) is 93.6 Å². The summed E-state index contributed by atoms with van der Waals surface area (Å²) < 4.78 is 70.7. The van der Waals surface area contributed by atoms with Crippen LogP contribution in [0, 0.1) is 0 Å². The second-order valence-corrected chi connectivity index (χ2v) is 20.8. The van der Waals surface area contributed by atoms with Gasteiger partial charge in [-0.25, -0.2) is 0 Å². The first-order valence-electron chi connectivity index (χ1n) is 19.0. The van der Waals surface area contributed by atoms with Crippen molar-refractivity contribution >= 4 is 80.3 Å². The van der Waals surface area contributed by atoms with Gasteiger partial charge >= 0.3 is 5.97 Å². The molecule has 2 bridgehead atoms. The molecule has 2 unspecified atom stereocenters. The first kappa shape index (κ1) is 43.7. The first-order valence-corrected chi connectivity index (χ1v) is 24.2. The van der Waals surface area contributed by atoms with E-state index in [1.54, 1.807) is 36.0 Å². The van der Waals surface area contributed by atoms with Gasteiger partial charge < -0.3 is 10.0 Å². The predicted octanol–water partition coefficient (Wildman–Crippen LogP) is 7.30. The Labute approximate surface area is 352 Å². The van der Waals surface area contributed by atoms with Gasteiger partial charge in [0.2, 0.25) is 5.69 Å². The molecule has 0 spiro atoms. The Morgan fingerprint density at radius 1 is 0.895 bits per heavy atom. The molecule has 4 heterocycles. The van der Waals surface area contributed by atoms with E-state index in [2.05, 4.69) is 71.0 Å². The third-order valence-electron chi connectivity index (χ3n) is 11.7. The number of carbonyl (C=O) groups is 1. The third-order valence-corrected chi connectivity index (χ3v) is 15.2. The van der Waals surface area contributed by atoms with Gasteiger partial charge in [-0.05, 0) is 105 Å². The van der Waals surface area contributed by atoms with Crippen LogP contribution in [-0.4, -0.2) is 102 Å². The Bertz CT molecular complexity index is 2350. The molecule has 1 fully saturated rings. The fourth-order valence-corrected chi connectivity index (χ4v) is 11.4. The van der Waals surface area contributed by atoms with E-state index in [1.807, 2.05) is 27.7 Å². The minimum absolute atomic E-state index is 0.00599. The van der Waals surface area contributed by atoms with Gasteiger partial charge in [-0.1, -0.05) is 26.0 Å². The van der Waals surface area contributed by atoms with Crippen molar-refractivity contribution in [2.75, 3.05) is 42.3 Å². The van der Waals surface area contributed by atoms with Gasteiger partial charge in [0.25, 0.3) is 20.2 Å². The van der Waals surface area contributed by atoms with Crippen LogP contribution >= 0.6 is 37.0 Å². The van der Waals surface area contributed by atoms with Crippen LogP contribution in [0.4, 0.5) is 11.4 Å². The van der Waals surface area contributed by atoms with Crippen LogP contribution in [0.2, 0.25) is 0 Å². The van der Waals surface area contributed by atoms with E-state index in [1.165, 1.54) is 12.1 Å². The molecular weight excluding hydrogens is 823 g/mol. The summed E-state index contributed by atoms with van der Waals surface area (Å²) in [6, 6.07) is 9.66. The summed E-state index contributed by atoms with van der Waals surface area (Å²) in [7, 11) is -6.70. The molecule has 6 rings (SSSR count). The lowest BCUT2D eigenvalue weighted by atomic mass is 9.81. The van der Waals surface area contributed by atoms with E-state index in [0.717, 1.165) is 75.6 Å². The highest BCUT2D eigenvalue weighted by atomic mass is 32.2. The van der Waals surface area contributed by atoms with E-state index < -0.39 is 37.0 Å². The molecule has 0 amide bonds. The SMILES string of the molecule is CN1C2CCC1/C(=C\C=C1\N(CCCS)c3ccc(S(=O)(=O)O)cc3C1(C)C)C(SCCC(=O)O)=C2/C=C/C1=[N+](CCCS)c2ccc(S(=O)(=O)O)cc2C1(C)C. The number of aliphatic carboxylic acids is 1. The van der Waals surface area contributed by atoms with Crippen molar-refractivity contribution in [1.29, 1.82) is 0 Å². The van der Waals surface area contributed by atoms with Crippen LogP contribution in [0.3, 0.4) is 0 Å². The zero-order valence-corrected chi connectivity index (χ0v) is 37.1.